The van der Waals surface area contributed by atoms with Gasteiger partial charge in [0.05, 0.1) is 18.0 Å². The number of nitrogens with zero attached hydrogens (tertiary/aromatic N) is 2. The molecule has 0 saturated heterocycles. The summed E-state index contributed by atoms with van der Waals surface area (Å²) >= 11 is 1.56. The van der Waals surface area contributed by atoms with Gasteiger partial charge in [0.1, 0.15) is 11.4 Å². The summed E-state index contributed by atoms with van der Waals surface area (Å²) in [6, 6.07) is 14.0. The van der Waals surface area contributed by atoms with Crippen LogP contribution in [0.3, 0.4) is 0 Å². The van der Waals surface area contributed by atoms with Crippen LogP contribution in [0.1, 0.15) is 17.3 Å². The highest BCUT2D eigenvalue weighted by atomic mass is 32.1. The summed E-state index contributed by atoms with van der Waals surface area (Å²) in [4.78, 5) is 25.1. The molecule has 6 nitrogen and oxygen atoms in total. The SMILES string of the molecule is CCOc1ccc(C(=O)NCCn2nc(-c3cccs3)ccc2=O)cc1. The van der Waals surface area contributed by atoms with Gasteiger partial charge in [0, 0.05) is 18.2 Å². The molecule has 3 rings (SSSR count). The van der Waals surface area contributed by atoms with Crippen LogP contribution >= 0.6 is 11.3 Å². The molecule has 2 aromatic heterocycles. The second-order valence-corrected chi connectivity index (χ2v) is 6.42. The van der Waals surface area contributed by atoms with Crippen LogP contribution in [-0.2, 0) is 6.54 Å². The number of carbonyl (C=O) groups is 1. The molecule has 2 heterocycles. The van der Waals surface area contributed by atoms with E-state index in [1.165, 1.54) is 10.7 Å². The normalized spacial score (nSPS) is 10.5. The van der Waals surface area contributed by atoms with Crippen LogP contribution in [0.4, 0.5) is 0 Å². The van der Waals surface area contributed by atoms with Crippen molar-refractivity contribution in [1.29, 1.82) is 0 Å². The molecule has 0 saturated carbocycles. The second kappa shape index (κ2) is 8.44. The monoisotopic (exact) mass is 369 g/mol. The van der Waals surface area contributed by atoms with Crippen LogP contribution in [0, 0.1) is 0 Å². The van der Waals surface area contributed by atoms with Crippen molar-refractivity contribution >= 4 is 17.2 Å². The van der Waals surface area contributed by atoms with Crippen LogP contribution in [-0.4, -0.2) is 28.8 Å². The van der Waals surface area contributed by atoms with E-state index in [-0.39, 0.29) is 11.5 Å². The molecular formula is C19H19N3O3S. The Morgan fingerprint density at radius 2 is 2.00 bits per heavy atom. The number of hydrogen-bond donors (Lipinski definition) is 1. The number of rotatable bonds is 7. The summed E-state index contributed by atoms with van der Waals surface area (Å²) in [5, 5.41) is 9.13. The van der Waals surface area contributed by atoms with Gasteiger partial charge in [-0.3, -0.25) is 9.59 Å². The highest BCUT2D eigenvalue weighted by molar-refractivity contribution is 7.13. The number of thiophene rings is 1. The van der Waals surface area contributed by atoms with E-state index in [2.05, 4.69) is 10.4 Å². The van der Waals surface area contributed by atoms with Crippen molar-refractivity contribution in [3.8, 4) is 16.3 Å². The van der Waals surface area contributed by atoms with Crippen LogP contribution < -0.4 is 15.6 Å². The summed E-state index contributed by atoms with van der Waals surface area (Å²) in [6.45, 7) is 3.11. The van der Waals surface area contributed by atoms with Crippen molar-refractivity contribution in [2.24, 2.45) is 0 Å². The minimum atomic E-state index is -0.199. The Morgan fingerprint density at radius 3 is 2.69 bits per heavy atom. The maximum absolute atomic E-state index is 12.2. The van der Waals surface area contributed by atoms with E-state index < -0.39 is 0 Å². The molecule has 3 aromatic rings. The van der Waals surface area contributed by atoms with Crippen molar-refractivity contribution in [2.45, 2.75) is 13.5 Å². The number of nitrogens with one attached hydrogen (secondary N) is 1. The van der Waals surface area contributed by atoms with Gasteiger partial charge in [-0.25, -0.2) is 4.68 Å². The van der Waals surface area contributed by atoms with E-state index in [1.54, 1.807) is 41.7 Å². The molecular weight excluding hydrogens is 350 g/mol. The third-order valence-corrected chi connectivity index (χ3v) is 4.57. The Labute approximate surface area is 155 Å². The summed E-state index contributed by atoms with van der Waals surface area (Å²) < 4.78 is 6.73. The largest absolute Gasteiger partial charge is 0.494 e. The minimum Gasteiger partial charge on any atom is -0.494 e. The maximum atomic E-state index is 12.2. The van der Waals surface area contributed by atoms with Gasteiger partial charge >= 0.3 is 0 Å². The number of amides is 1. The topological polar surface area (TPSA) is 73.2 Å². The van der Waals surface area contributed by atoms with E-state index in [4.69, 9.17) is 4.74 Å². The quantitative estimate of drug-likeness (QED) is 0.695. The molecule has 26 heavy (non-hydrogen) atoms. The number of benzene rings is 1. The molecule has 0 spiro atoms. The van der Waals surface area contributed by atoms with Crippen LogP contribution in [0.2, 0.25) is 0 Å². The first-order valence-corrected chi connectivity index (χ1v) is 9.18. The van der Waals surface area contributed by atoms with E-state index in [0.717, 1.165) is 16.3 Å². The fraction of sp³-hybridized carbons (Fsp3) is 0.211. The molecule has 0 fully saturated rings. The van der Waals surface area contributed by atoms with Crippen LogP contribution in [0.15, 0.2) is 58.7 Å². The average Bonchev–Trinajstić information content (AvgIpc) is 3.19. The first kappa shape index (κ1) is 17.9. The molecule has 134 valence electrons. The van der Waals surface area contributed by atoms with Crippen molar-refractivity contribution in [3.05, 3.63) is 69.8 Å². The zero-order valence-electron chi connectivity index (χ0n) is 14.3. The first-order chi connectivity index (χ1) is 12.7. The summed E-state index contributed by atoms with van der Waals surface area (Å²) in [6.07, 6.45) is 0. The molecule has 7 heteroatoms. The Hall–Kier alpha value is -2.93. The molecule has 1 aromatic carbocycles. The van der Waals surface area contributed by atoms with Gasteiger partial charge in [0.15, 0.2) is 0 Å². The van der Waals surface area contributed by atoms with Gasteiger partial charge in [-0.05, 0) is 48.7 Å². The van der Waals surface area contributed by atoms with E-state index in [9.17, 15) is 9.59 Å². The van der Waals surface area contributed by atoms with Gasteiger partial charge in [-0.15, -0.1) is 11.3 Å². The van der Waals surface area contributed by atoms with Crippen molar-refractivity contribution in [3.63, 3.8) is 0 Å². The molecule has 0 radical (unpaired) electrons. The molecule has 0 aliphatic carbocycles. The lowest BCUT2D eigenvalue weighted by molar-refractivity contribution is 0.0951. The summed E-state index contributed by atoms with van der Waals surface area (Å²) in [5.41, 5.74) is 1.10. The predicted molar refractivity (Wildman–Crippen MR) is 102 cm³/mol. The van der Waals surface area contributed by atoms with Gasteiger partial charge in [0.25, 0.3) is 11.5 Å². The fourth-order valence-electron chi connectivity index (χ4n) is 2.41. The Morgan fingerprint density at radius 1 is 1.19 bits per heavy atom. The molecule has 1 N–H and O–H groups in total. The lowest BCUT2D eigenvalue weighted by Gasteiger charge is -2.08. The van der Waals surface area contributed by atoms with Gasteiger partial charge in [0.2, 0.25) is 0 Å². The number of aromatic nitrogens is 2. The molecule has 0 aliphatic heterocycles. The lowest BCUT2D eigenvalue weighted by atomic mass is 10.2. The number of carbonyl (C=O) groups excluding carboxylic acids is 1. The van der Waals surface area contributed by atoms with Crippen molar-refractivity contribution in [2.75, 3.05) is 13.2 Å². The van der Waals surface area contributed by atoms with E-state index in [0.29, 0.717) is 25.3 Å². The summed E-state index contributed by atoms with van der Waals surface area (Å²) in [7, 11) is 0. The Balaban J connectivity index is 1.60. The van der Waals surface area contributed by atoms with Gasteiger partial charge < -0.3 is 10.1 Å². The van der Waals surface area contributed by atoms with E-state index >= 15 is 0 Å². The lowest BCUT2D eigenvalue weighted by Crippen LogP contribution is -2.31. The Kier molecular flexibility index (Phi) is 5.80. The molecule has 0 atom stereocenters. The Bertz CT molecular complexity index is 918. The van der Waals surface area contributed by atoms with Gasteiger partial charge in [-0.1, -0.05) is 6.07 Å². The third-order valence-electron chi connectivity index (χ3n) is 3.68. The van der Waals surface area contributed by atoms with E-state index in [1.807, 2.05) is 24.4 Å². The van der Waals surface area contributed by atoms with Crippen LogP contribution in [0.25, 0.3) is 10.6 Å². The third kappa shape index (κ3) is 4.37. The molecule has 1 amide bonds. The van der Waals surface area contributed by atoms with Crippen molar-refractivity contribution < 1.29 is 9.53 Å². The van der Waals surface area contributed by atoms with Crippen LogP contribution in [0.5, 0.6) is 5.75 Å². The highest BCUT2D eigenvalue weighted by Gasteiger charge is 2.07. The number of ether oxygens (including phenoxy) is 1. The first-order valence-electron chi connectivity index (χ1n) is 8.30. The minimum absolute atomic E-state index is 0.194. The van der Waals surface area contributed by atoms with Gasteiger partial charge in [-0.2, -0.15) is 5.10 Å². The summed E-state index contributed by atoms with van der Waals surface area (Å²) in [5.74, 6) is 0.528. The predicted octanol–water partition coefficient (Wildman–Crippen LogP) is 2.80. The maximum Gasteiger partial charge on any atom is 0.266 e. The fourth-order valence-corrected chi connectivity index (χ4v) is 3.10. The highest BCUT2D eigenvalue weighted by Crippen LogP contribution is 2.21. The zero-order chi connectivity index (χ0) is 18.4. The number of hydrogen-bond acceptors (Lipinski definition) is 5. The average molecular weight is 369 g/mol. The smallest absolute Gasteiger partial charge is 0.266 e. The second-order valence-electron chi connectivity index (χ2n) is 5.47. The standard InChI is InChI=1S/C19H19N3O3S/c1-2-25-15-7-5-14(6-8-15)19(24)20-11-12-22-18(23)10-9-16(21-22)17-4-3-13-26-17/h3-10,13H,2,11-12H2,1H3,(H,20,24). The zero-order valence-corrected chi connectivity index (χ0v) is 15.2. The molecule has 0 bridgehead atoms. The molecule has 0 aliphatic rings. The molecule has 0 unspecified atom stereocenters. The van der Waals surface area contributed by atoms with Crippen molar-refractivity contribution in [1.82, 2.24) is 15.1 Å².